The first-order valence-electron chi connectivity index (χ1n) is 8.45. The lowest BCUT2D eigenvalue weighted by Crippen LogP contribution is -2.30. The van der Waals surface area contributed by atoms with Crippen molar-refractivity contribution in [3.63, 3.8) is 0 Å². The smallest absolute Gasteiger partial charge is 0.257 e. The van der Waals surface area contributed by atoms with Gasteiger partial charge < -0.3 is 10.1 Å². The van der Waals surface area contributed by atoms with Gasteiger partial charge in [-0.3, -0.25) is 9.78 Å². The van der Waals surface area contributed by atoms with Crippen LogP contribution < -0.4 is 10.1 Å². The number of carbonyl (C=O) groups excluding carboxylic acids is 1. The maximum absolute atomic E-state index is 11.9. The molecule has 0 saturated heterocycles. The van der Waals surface area contributed by atoms with E-state index in [0.717, 1.165) is 33.3 Å². The van der Waals surface area contributed by atoms with Crippen molar-refractivity contribution in [3.8, 4) is 16.5 Å². The summed E-state index contributed by atoms with van der Waals surface area (Å²) >= 11 is 1.62. The fraction of sp³-hybridized carbons (Fsp3) is 0.250. The van der Waals surface area contributed by atoms with E-state index in [0.29, 0.717) is 12.3 Å². The molecule has 1 aromatic carbocycles. The van der Waals surface area contributed by atoms with Crippen LogP contribution in [0, 0.1) is 13.8 Å². The minimum atomic E-state index is -0.127. The number of benzene rings is 1. The lowest BCUT2D eigenvalue weighted by Gasteiger charge is -2.07. The first kappa shape index (κ1) is 18.1. The van der Waals surface area contributed by atoms with Gasteiger partial charge in [0.2, 0.25) is 0 Å². The second kappa shape index (κ2) is 8.58. The van der Waals surface area contributed by atoms with E-state index in [1.54, 1.807) is 17.5 Å². The summed E-state index contributed by atoms with van der Waals surface area (Å²) in [5, 5.41) is 3.80. The number of nitrogens with zero attached hydrogens (tertiary/aromatic N) is 2. The number of aromatic nitrogens is 2. The summed E-state index contributed by atoms with van der Waals surface area (Å²) in [5.41, 5.74) is 3.02. The normalized spacial score (nSPS) is 10.5. The first-order chi connectivity index (χ1) is 12.6. The number of thiazole rings is 1. The van der Waals surface area contributed by atoms with Crippen LogP contribution in [0.5, 0.6) is 5.75 Å². The van der Waals surface area contributed by atoms with E-state index in [4.69, 9.17) is 4.74 Å². The molecule has 2 heterocycles. The van der Waals surface area contributed by atoms with Crippen LogP contribution in [-0.4, -0.2) is 29.0 Å². The second-order valence-electron chi connectivity index (χ2n) is 5.94. The van der Waals surface area contributed by atoms with E-state index in [9.17, 15) is 4.79 Å². The summed E-state index contributed by atoms with van der Waals surface area (Å²) in [6.07, 6.45) is 2.51. The Labute approximate surface area is 157 Å². The fourth-order valence-electron chi connectivity index (χ4n) is 2.41. The monoisotopic (exact) mass is 367 g/mol. The van der Waals surface area contributed by atoms with Gasteiger partial charge in [0.05, 0.1) is 11.4 Å². The van der Waals surface area contributed by atoms with E-state index in [1.807, 2.05) is 56.3 Å². The van der Waals surface area contributed by atoms with E-state index >= 15 is 0 Å². The van der Waals surface area contributed by atoms with Gasteiger partial charge in [0.15, 0.2) is 6.61 Å². The average molecular weight is 367 g/mol. The molecule has 3 rings (SSSR count). The molecule has 0 bridgehead atoms. The molecule has 0 atom stereocenters. The number of hydrogen-bond acceptors (Lipinski definition) is 5. The fourth-order valence-corrected chi connectivity index (χ4v) is 3.45. The molecule has 3 aromatic rings. The molecular weight excluding hydrogens is 346 g/mol. The zero-order valence-electron chi connectivity index (χ0n) is 14.9. The molecule has 1 amide bonds. The zero-order chi connectivity index (χ0) is 18.4. The van der Waals surface area contributed by atoms with Crippen LogP contribution in [0.15, 0.2) is 48.7 Å². The van der Waals surface area contributed by atoms with Crippen molar-refractivity contribution in [1.82, 2.24) is 15.3 Å². The molecule has 0 aliphatic heterocycles. The van der Waals surface area contributed by atoms with E-state index < -0.39 is 0 Å². The zero-order valence-corrected chi connectivity index (χ0v) is 15.7. The third-order valence-corrected chi connectivity index (χ3v) is 5.08. The Hall–Kier alpha value is -2.73. The van der Waals surface area contributed by atoms with Crippen molar-refractivity contribution in [2.24, 2.45) is 0 Å². The van der Waals surface area contributed by atoms with E-state index in [1.165, 1.54) is 0 Å². The molecule has 0 aliphatic rings. The topological polar surface area (TPSA) is 64.1 Å². The highest BCUT2D eigenvalue weighted by atomic mass is 32.1. The number of amides is 1. The Morgan fingerprint density at radius 2 is 1.96 bits per heavy atom. The van der Waals surface area contributed by atoms with Crippen molar-refractivity contribution >= 4 is 17.2 Å². The molecule has 2 aromatic heterocycles. The molecule has 0 saturated carbocycles. The number of nitrogens with one attached hydrogen (secondary N) is 1. The van der Waals surface area contributed by atoms with Crippen LogP contribution in [0.25, 0.3) is 10.7 Å². The Morgan fingerprint density at radius 1 is 1.15 bits per heavy atom. The molecule has 0 fully saturated rings. The molecule has 26 heavy (non-hydrogen) atoms. The molecule has 1 N–H and O–H groups in total. The third kappa shape index (κ3) is 4.89. The maximum Gasteiger partial charge on any atom is 0.257 e. The summed E-state index contributed by atoms with van der Waals surface area (Å²) in [6, 6.07) is 13.4. The van der Waals surface area contributed by atoms with Crippen molar-refractivity contribution in [2.75, 3.05) is 13.2 Å². The SMILES string of the molecule is Cc1ccc(OCC(=O)NCCc2sc(-c3ccccn3)nc2C)cc1. The highest BCUT2D eigenvalue weighted by molar-refractivity contribution is 7.15. The summed E-state index contributed by atoms with van der Waals surface area (Å²) in [7, 11) is 0. The van der Waals surface area contributed by atoms with Crippen LogP contribution in [0.3, 0.4) is 0 Å². The van der Waals surface area contributed by atoms with Gasteiger partial charge in [-0.25, -0.2) is 4.98 Å². The van der Waals surface area contributed by atoms with Crippen molar-refractivity contribution < 1.29 is 9.53 Å². The largest absolute Gasteiger partial charge is 0.484 e. The van der Waals surface area contributed by atoms with Gasteiger partial charge in [0, 0.05) is 24.0 Å². The Balaban J connectivity index is 1.46. The van der Waals surface area contributed by atoms with E-state index in [-0.39, 0.29) is 12.5 Å². The van der Waals surface area contributed by atoms with Crippen molar-refractivity contribution in [3.05, 3.63) is 64.8 Å². The average Bonchev–Trinajstić information content (AvgIpc) is 3.03. The van der Waals surface area contributed by atoms with Crippen LogP contribution in [-0.2, 0) is 11.2 Å². The minimum absolute atomic E-state index is 0.0178. The van der Waals surface area contributed by atoms with Gasteiger partial charge in [-0.2, -0.15) is 0 Å². The van der Waals surface area contributed by atoms with Crippen molar-refractivity contribution in [1.29, 1.82) is 0 Å². The molecule has 0 spiro atoms. The molecule has 5 nitrogen and oxygen atoms in total. The quantitative estimate of drug-likeness (QED) is 0.693. The lowest BCUT2D eigenvalue weighted by molar-refractivity contribution is -0.123. The number of pyridine rings is 1. The van der Waals surface area contributed by atoms with Crippen LogP contribution in [0.1, 0.15) is 16.1 Å². The molecule has 6 heteroatoms. The van der Waals surface area contributed by atoms with E-state index in [2.05, 4.69) is 15.3 Å². The molecule has 0 unspecified atom stereocenters. The molecular formula is C20H21N3O2S. The Morgan fingerprint density at radius 3 is 2.69 bits per heavy atom. The number of carbonyl (C=O) groups is 1. The molecule has 0 radical (unpaired) electrons. The third-order valence-electron chi connectivity index (χ3n) is 3.84. The highest BCUT2D eigenvalue weighted by Crippen LogP contribution is 2.26. The Bertz CT molecular complexity index is 861. The standard InChI is InChI=1S/C20H21N3O2S/c1-14-6-8-16(9-7-14)25-13-19(24)22-12-10-18-15(2)23-20(26-18)17-5-3-4-11-21-17/h3-9,11H,10,12-13H2,1-2H3,(H,22,24). The number of hydrogen-bond donors (Lipinski definition) is 1. The lowest BCUT2D eigenvalue weighted by atomic mass is 10.2. The number of rotatable bonds is 7. The van der Waals surface area contributed by atoms with Crippen LogP contribution in [0.2, 0.25) is 0 Å². The van der Waals surface area contributed by atoms with Gasteiger partial charge in [-0.15, -0.1) is 11.3 Å². The van der Waals surface area contributed by atoms with Gasteiger partial charge in [-0.1, -0.05) is 23.8 Å². The van der Waals surface area contributed by atoms with Crippen molar-refractivity contribution in [2.45, 2.75) is 20.3 Å². The van der Waals surface area contributed by atoms with Gasteiger partial charge in [-0.05, 0) is 38.1 Å². The molecule has 134 valence electrons. The summed E-state index contributed by atoms with van der Waals surface area (Å²) in [5.74, 6) is 0.571. The maximum atomic E-state index is 11.9. The minimum Gasteiger partial charge on any atom is -0.484 e. The predicted octanol–water partition coefficient (Wildman–Crippen LogP) is 3.56. The predicted molar refractivity (Wildman–Crippen MR) is 103 cm³/mol. The Kier molecular flexibility index (Phi) is 5.96. The highest BCUT2D eigenvalue weighted by Gasteiger charge is 2.10. The summed E-state index contributed by atoms with van der Waals surface area (Å²) in [4.78, 5) is 22.0. The second-order valence-corrected chi connectivity index (χ2v) is 7.03. The van der Waals surface area contributed by atoms with Gasteiger partial charge in [0.25, 0.3) is 5.91 Å². The number of aryl methyl sites for hydroxylation is 2. The van der Waals surface area contributed by atoms with Crippen LogP contribution >= 0.6 is 11.3 Å². The first-order valence-corrected chi connectivity index (χ1v) is 9.27. The summed E-state index contributed by atoms with van der Waals surface area (Å²) < 4.78 is 5.48. The summed E-state index contributed by atoms with van der Waals surface area (Å²) in [6.45, 7) is 4.57. The number of ether oxygens (including phenoxy) is 1. The van der Waals surface area contributed by atoms with Gasteiger partial charge >= 0.3 is 0 Å². The van der Waals surface area contributed by atoms with Gasteiger partial charge in [0.1, 0.15) is 10.8 Å². The van der Waals surface area contributed by atoms with Crippen LogP contribution in [0.4, 0.5) is 0 Å². The molecule has 0 aliphatic carbocycles.